The monoisotopic (exact) mass is 390 g/mol. The molecule has 2 N–H and O–H groups in total. The number of phenols is 1. The molecule has 0 radical (unpaired) electrons. The molecule has 0 atom stereocenters. The van der Waals surface area contributed by atoms with Crippen LogP contribution in [0, 0.1) is 6.92 Å². The highest BCUT2D eigenvalue weighted by Crippen LogP contribution is 2.35. The van der Waals surface area contributed by atoms with E-state index >= 15 is 0 Å². The fraction of sp³-hybridized carbons (Fsp3) is 0.214. The number of hydrogen-bond acceptors (Lipinski definition) is 4. The molecule has 0 aliphatic heterocycles. The Morgan fingerprint density at radius 1 is 1.33 bits per heavy atom. The van der Waals surface area contributed by atoms with E-state index < -0.39 is 0 Å². The lowest BCUT2D eigenvalue weighted by atomic mass is 10.2. The highest BCUT2D eigenvalue weighted by molar-refractivity contribution is 9.10. The van der Waals surface area contributed by atoms with Crippen molar-refractivity contribution in [3.63, 3.8) is 0 Å². The average molecular weight is 392 g/mol. The van der Waals surface area contributed by atoms with Crippen molar-refractivity contribution in [3.8, 4) is 11.5 Å². The van der Waals surface area contributed by atoms with Crippen LogP contribution in [-0.4, -0.2) is 17.2 Å². The number of nitrogens with one attached hydrogen (secondary N) is 1. The molecule has 1 aromatic carbocycles. The van der Waals surface area contributed by atoms with Gasteiger partial charge in [-0.1, -0.05) is 23.2 Å². The Hall–Kier alpha value is -1.17. The number of methoxy groups -OCH3 is 1. The molecule has 0 aliphatic rings. The molecule has 0 spiro atoms. The summed E-state index contributed by atoms with van der Waals surface area (Å²) in [6, 6.07) is 5.29. The second kappa shape index (κ2) is 6.73. The lowest BCUT2D eigenvalue weighted by Gasteiger charge is -2.13. The maximum Gasteiger partial charge on any atom is 0.172 e. The van der Waals surface area contributed by atoms with Crippen LogP contribution in [0.15, 0.2) is 22.7 Å². The first kappa shape index (κ1) is 16.2. The van der Waals surface area contributed by atoms with Crippen LogP contribution in [0.5, 0.6) is 11.5 Å². The molecule has 0 fully saturated rings. The molecular formula is C14H13BrCl2N2O2. The lowest BCUT2D eigenvalue weighted by molar-refractivity contribution is 0.371. The van der Waals surface area contributed by atoms with Crippen molar-refractivity contribution in [2.75, 3.05) is 12.4 Å². The van der Waals surface area contributed by atoms with Crippen molar-refractivity contribution in [1.82, 2.24) is 4.98 Å². The minimum atomic E-state index is 0.0728. The van der Waals surface area contributed by atoms with Gasteiger partial charge in [-0.2, -0.15) is 0 Å². The topological polar surface area (TPSA) is 54.4 Å². The molecular weight excluding hydrogens is 379 g/mol. The summed E-state index contributed by atoms with van der Waals surface area (Å²) in [7, 11) is 1.50. The van der Waals surface area contributed by atoms with Gasteiger partial charge >= 0.3 is 0 Å². The number of anilines is 1. The summed E-state index contributed by atoms with van der Waals surface area (Å²) in [5.74, 6) is 0.474. The molecule has 0 bridgehead atoms. The molecule has 2 rings (SSSR count). The molecule has 4 nitrogen and oxygen atoms in total. The van der Waals surface area contributed by atoms with Gasteiger partial charge in [0.1, 0.15) is 5.15 Å². The second-order valence-electron chi connectivity index (χ2n) is 4.41. The third-order valence-corrected chi connectivity index (χ3v) is 3.99. The number of aryl methyl sites for hydroxylation is 1. The van der Waals surface area contributed by atoms with Gasteiger partial charge in [-0.15, -0.1) is 0 Å². The van der Waals surface area contributed by atoms with Crippen LogP contribution in [0.25, 0.3) is 0 Å². The lowest BCUT2D eigenvalue weighted by Crippen LogP contribution is -2.03. The predicted octanol–water partition coefficient (Wildman–Crippen LogP) is 4.79. The molecule has 0 saturated carbocycles. The van der Waals surface area contributed by atoms with Crippen LogP contribution in [0.2, 0.25) is 10.3 Å². The van der Waals surface area contributed by atoms with Crippen molar-refractivity contribution >= 4 is 44.8 Å². The summed E-state index contributed by atoms with van der Waals surface area (Å²) < 4.78 is 5.68. The molecule has 0 amide bonds. The first-order valence-corrected chi connectivity index (χ1v) is 7.59. The second-order valence-corrected chi connectivity index (χ2v) is 6.01. The van der Waals surface area contributed by atoms with E-state index in [-0.39, 0.29) is 5.75 Å². The zero-order valence-electron chi connectivity index (χ0n) is 11.4. The zero-order valence-corrected chi connectivity index (χ0v) is 14.5. The van der Waals surface area contributed by atoms with Crippen molar-refractivity contribution in [3.05, 3.63) is 44.1 Å². The highest BCUT2D eigenvalue weighted by atomic mass is 79.9. The molecule has 21 heavy (non-hydrogen) atoms. The van der Waals surface area contributed by atoms with Crippen LogP contribution in [0.3, 0.4) is 0 Å². The number of nitrogens with zero attached hydrogens (tertiary/aromatic N) is 1. The van der Waals surface area contributed by atoms with Crippen LogP contribution < -0.4 is 10.1 Å². The molecule has 7 heteroatoms. The Balaban J connectivity index is 2.23. The highest BCUT2D eigenvalue weighted by Gasteiger charge is 2.11. The zero-order chi connectivity index (χ0) is 15.6. The van der Waals surface area contributed by atoms with Crippen molar-refractivity contribution in [2.24, 2.45) is 0 Å². The van der Waals surface area contributed by atoms with Gasteiger partial charge in [-0.3, -0.25) is 0 Å². The van der Waals surface area contributed by atoms with E-state index in [1.165, 1.54) is 7.11 Å². The predicted molar refractivity (Wildman–Crippen MR) is 88.7 cm³/mol. The van der Waals surface area contributed by atoms with Crippen molar-refractivity contribution < 1.29 is 9.84 Å². The van der Waals surface area contributed by atoms with Crippen LogP contribution >= 0.6 is 39.1 Å². The van der Waals surface area contributed by atoms with E-state index in [0.29, 0.717) is 27.1 Å². The molecule has 1 heterocycles. The minimum Gasteiger partial charge on any atom is -0.503 e. The Morgan fingerprint density at radius 2 is 2.05 bits per heavy atom. The third-order valence-electron chi connectivity index (χ3n) is 2.92. The Bertz CT molecular complexity index is 657. The summed E-state index contributed by atoms with van der Waals surface area (Å²) in [4.78, 5) is 4.01. The van der Waals surface area contributed by atoms with Gasteiger partial charge in [0, 0.05) is 6.54 Å². The maximum atomic E-state index is 9.79. The summed E-state index contributed by atoms with van der Waals surface area (Å²) in [6.45, 7) is 2.40. The maximum absolute atomic E-state index is 9.79. The minimum absolute atomic E-state index is 0.0728. The Kier molecular flexibility index (Phi) is 5.19. The number of hydrogen-bond donors (Lipinski definition) is 2. The normalized spacial score (nSPS) is 10.5. The number of ether oxygens (including phenoxy) is 1. The standard InChI is InChI=1S/C14H13BrCl2N2O2/c1-7-3-11(16)19-14(17)12(7)18-6-8-4-9(15)13(20)10(5-8)21-2/h3-5,18,20H,6H2,1-2H3. The summed E-state index contributed by atoms with van der Waals surface area (Å²) >= 11 is 15.2. The summed E-state index contributed by atoms with van der Waals surface area (Å²) in [5.41, 5.74) is 2.55. The van der Waals surface area contributed by atoms with Crippen molar-refractivity contribution in [2.45, 2.75) is 13.5 Å². The number of aromatic hydroxyl groups is 1. The fourth-order valence-corrected chi connectivity index (χ4v) is 2.97. The molecule has 0 saturated heterocycles. The quantitative estimate of drug-likeness (QED) is 0.736. The van der Waals surface area contributed by atoms with E-state index in [2.05, 4.69) is 26.2 Å². The third kappa shape index (κ3) is 3.73. The van der Waals surface area contributed by atoms with Gasteiger partial charge in [0.15, 0.2) is 16.7 Å². The van der Waals surface area contributed by atoms with Crippen LogP contribution in [0.4, 0.5) is 5.69 Å². The number of pyridine rings is 1. The largest absolute Gasteiger partial charge is 0.503 e. The molecule has 112 valence electrons. The van der Waals surface area contributed by atoms with Crippen molar-refractivity contribution in [1.29, 1.82) is 0 Å². The van der Waals surface area contributed by atoms with Gasteiger partial charge in [-0.25, -0.2) is 4.98 Å². The summed E-state index contributed by atoms with van der Waals surface area (Å²) in [5, 5.41) is 13.7. The van der Waals surface area contributed by atoms with Gasteiger partial charge < -0.3 is 15.2 Å². The molecule has 0 unspecified atom stereocenters. The van der Waals surface area contributed by atoms with Gasteiger partial charge in [0.25, 0.3) is 0 Å². The average Bonchev–Trinajstić information content (AvgIpc) is 2.41. The van der Waals surface area contributed by atoms with E-state index in [9.17, 15) is 5.11 Å². The number of phenolic OH excluding ortho intramolecular Hbond substituents is 1. The number of rotatable bonds is 4. The molecule has 1 aromatic heterocycles. The molecule has 0 aliphatic carbocycles. The number of benzene rings is 1. The van der Waals surface area contributed by atoms with Gasteiger partial charge in [0.2, 0.25) is 0 Å². The van der Waals surface area contributed by atoms with E-state index in [1.54, 1.807) is 18.2 Å². The van der Waals surface area contributed by atoms with Gasteiger partial charge in [0.05, 0.1) is 17.3 Å². The van der Waals surface area contributed by atoms with Gasteiger partial charge in [-0.05, 0) is 52.2 Å². The number of halogens is 3. The number of aromatic nitrogens is 1. The first-order valence-electron chi connectivity index (χ1n) is 6.04. The summed E-state index contributed by atoms with van der Waals surface area (Å²) in [6.07, 6.45) is 0. The first-order chi connectivity index (χ1) is 9.92. The fourth-order valence-electron chi connectivity index (χ4n) is 1.88. The van der Waals surface area contributed by atoms with Crippen LogP contribution in [-0.2, 0) is 6.54 Å². The van der Waals surface area contributed by atoms with E-state index in [4.69, 9.17) is 27.9 Å². The molecule has 2 aromatic rings. The van der Waals surface area contributed by atoms with E-state index in [0.717, 1.165) is 16.8 Å². The Labute approximate surface area is 141 Å². The van der Waals surface area contributed by atoms with E-state index in [1.807, 2.05) is 6.92 Å². The van der Waals surface area contributed by atoms with Crippen LogP contribution in [0.1, 0.15) is 11.1 Å². The smallest absolute Gasteiger partial charge is 0.172 e. The SMILES string of the molecule is COc1cc(CNc2c(C)cc(Cl)nc2Cl)cc(Br)c1O. The Morgan fingerprint density at radius 3 is 2.67 bits per heavy atom.